The largest absolute Gasteiger partial charge is 0.492 e. The molecule has 0 saturated carbocycles. The maximum absolute atomic E-state index is 13.2. The molecule has 0 aliphatic rings. The third-order valence-electron chi connectivity index (χ3n) is 4.50. The highest BCUT2D eigenvalue weighted by Crippen LogP contribution is 2.28. The van der Waals surface area contributed by atoms with Crippen molar-refractivity contribution in [1.82, 2.24) is 4.72 Å². The molecular weight excluding hydrogens is 471 g/mol. The minimum atomic E-state index is -4.14. The van der Waals surface area contributed by atoms with Crippen molar-refractivity contribution in [2.24, 2.45) is 0 Å². The van der Waals surface area contributed by atoms with Gasteiger partial charge in [0.15, 0.2) is 0 Å². The molecule has 3 aromatic rings. The molecule has 1 atom stereocenters. The Labute approximate surface area is 197 Å². The van der Waals surface area contributed by atoms with Crippen LogP contribution in [-0.2, 0) is 21.2 Å². The van der Waals surface area contributed by atoms with E-state index < -0.39 is 22.0 Å². The minimum absolute atomic E-state index is 0.135. The van der Waals surface area contributed by atoms with E-state index in [0.29, 0.717) is 10.7 Å². The van der Waals surface area contributed by atoms with Crippen molar-refractivity contribution in [3.63, 3.8) is 0 Å². The number of carbonyl (C=O) groups excluding carboxylic acids is 1. The van der Waals surface area contributed by atoms with E-state index in [2.05, 4.69) is 10.0 Å². The summed E-state index contributed by atoms with van der Waals surface area (Å²) < 4.78 is 34.4. The summed E-state index contributed by atoms with van der Waals surface area (Å²) in [6, 6.07) is 18.9. The fraction of sp³-hybridized carbons (Fsp3) is 0.174. The van der Waals surface area contributed by atoms with Crippen LogP contribution in [0.25, 0.3) is 0 Å². The van der Waals surface area contributed by atoms with Gasteiger partial charge in [-0.15, -0.1) is 0 Å². The van der Waals surface area contributed by atoms with Gasteiger partial charge in [-0.3, -0.25) is 4.79 Å². The van der Waals surface area contributed by atoms with Gasteiger partial charge < -0.3 is 10.1 Å². The third-order valence-corrected chi connectivity index (χ3v) is 6.48. The van der Waals surface area contributed by atoms with E-state index in [0.717, 1.165) is 5.56 Å². The van der Waals surface area contributed by atoms with E-state index in [1.165, 1.54) is 12.1 Å². The molecule has 9 heteroatoms. The van der Waals surface area contributed by atoms with Crippen LogP contribution in [0.4, 0.5) is 5.69 Å². The lowest BCUT2D eigenvalue weighted by Crippen LogP contribution is -2.45. The molecule has 1 unspecified atom stereocenters. The number of sulfonamides is 1. The number of benzene rings is 3. The first-order valence-corrected chi connectivity index (χ1v) is 12.1. The molecule has 2 N–H and O–H groups in total. The summed E-state index contributed by atoms with van der Waals surface area (Å²) in [6.07, 6.45) is 0.143. The van der Waals surface area contributed by atoms with Gasteiger partial charge in [-0.2, -0.15) is 4.72 Å². The van der Waals surface area contributed by atoms with Crippen LogP contribution in [0, 0.1) is 0 Å². The summed E-state index contributed by atoms with van der Waals surface area (Å²) in [7, 11) is -4.14. The van der Waals surface area contributed by atoms with Crippen LogP contribution < -0.4 is 14.8 Å². The van der Waals surface area contributed by atoms with Crippen LogP contribution in [0.1, 0.15) is 12.5 Å². The van der Waals surface area contributed by atoms with Crippen LogP contribution in [0.5, 0.6) is 5.75 Å². The van der Waals surface area contributed by atoms with Gasteiger partial charge in [-0.05, 0) is 61.4 Å². The van der Waals surface area contributed by atoms with Crippen LogP contribution in [0.3, 0.4) is 0 Å². The lowest BCUT2D eigenvalue weighted by molar-refractivity contribution is -0.117. The number of hydrogen-bond acceptors (Lipinski definition) is 4. The zero-order valence-corrected chi connectivity index (χ0v) is 19.5. The molecule has 1 amide bonds. The number of carbonyl (C=O) groups is 1. The zero-order valence-electron chi connectivity index (χ0n) is 17.2. The van der Waals surface area contributed by atoms with Crippen LogP contribution in [0.15, 0.2) is 77.7 Å². The third kappa shape index (κ3) is 6.46. The predicted molar refractivity (Wildman–Crippen MR) is 127 cm³/mol. The van der Waals surface area contributed by atoms with Crippen molar-refractivity contribution in [2.75, 3.05) is 11.9 Å². The summed E-state index contributed by atoms with van der Waals surface area (Å²) in [5.41, 5.74) is 1.29. The van der Waals surface area contributed by atoms with Crippen molar-refractivity contribution in [2.45, 2.75) is 24.3 Å². The van der Waals surface area contributed by atoms with Gasteiger partial charge >= 0.3 is 0 Å². The number of ether oxygens (including phenoxy) is 1. The van der Waals surface area contributed by atoms with Gasteiger partial charge in [-0.25, -0.2) is 8.42 Å². The number of rotatable bonds is 9. The molecule has 6 nitrogen and oxygen atoms in total. The van der Waals surface area contributed by atoms with Crippen molar-refractivity contribution < 1.29 is 17.9 Å². The van der Waals surface area contributed by atoms with Crippen LogP contribution in [0.2, 0.25) is 10.0 Å². The monoisotopic (exact) mass is 492 g/mol. The summed E-state index contributed by atoms with van der Waals surface area (Å²) in [5, 5.41) is 3.49. The van der Waals surface area contributed by atoms with Crippen molar-refractivity contribution in [1.29, 1.82) is 0 Å². The second-order valence-electron chi connectivity index (χ2n) is 6.88. The van der Waals surface area contributed by atoms with E-state index >= 15 is 0 Å². The zero-order chi connectivity index (χ0) is 23.1. The molecule has 0 aliphatic heterocycles. The first kappa shape index (κ1) is 24.1. The summed E-state index contributed by atoms with van der Waals surface area (Å²) in [4.78, 5) is 12.9. The summed E-state index contributed by atoms with van der Waals surface area (Å²) in [5.74, 6) is -0.360. The second kappa shape index (κ2) is 10.8. The Balaban J connectivity index is 1.91. The van der Waals surface area contributed by atoms with Crippen molar-refractivity contribution in [3.8, 4) is 5.75 Å². The molecule has 0 bridgehead atoms. The maximum atomic E-state index is 13.2. The molecule has 0 fully saturated rings. The summed E-state index contributed by atoms with van der Waals surface area (Å²) >= 11 is 11.9. The Bertz CT molecular complexity index is 1170. The quantitative estimate of drug-likeness (QED) is 0.443. The molecule has 168 valence electrons. The Morgan fingerprint density at radius 3 is 2.28 bits per heavy atom. The number of nitrogens with one attached hydrogen (secondary N) is 2. The van der Waals surface area contributed by atoms with Gasteiger partial charge in [0.25, 0.3) is 0 Å². The maximum Gasteiger partial charge on any atom is 0.245 e. The molecule has 0 saturated heterocycles. The highest BCUT2D eigenvalue weighted by molar-refractivity contribution is 7.89. The average molecular weight is 493 g/mol. The average Bonchev–Trinajstić information content (AvgIpc) is 2.77. The fourth-order valence-electron chi connectivity index (χ4n) is 3.02. The van der Waals surface area contributed by atoms with Gasteiger partial charge in [0.2, 0.25) is 15.9 Å². The van der Waals surface area contributed by atoms with E-state index in [9.17, 15) is 13.2 Å². The van der Waals surface area contributed by atoms with Gasteiger partial charge in [0.1, 0.15) is 16.7 Å². The summed E-state index contributed by atoms with van der Waals surface area (Å²) in [6.45, 7) is 2.02. The number of hydrogen-bond donors (Lipinski definition) is 2. The predicted octanol–water partition coefficient (Wildman–Crippen LogP) is 4.92. The number of anilines is 1. The van der Waals surface area contributed by atoms with E-state index in [1.54, 1.807) is 37.3 Å². The second-order valence-corrected chi connectivity index (χ2v) is 9.44. The Hall–Kier alpha value is -2.58. The topological polar surface area (TPSA) is 84.5 Å². The Morgan fingerprint density at radius 1 is 0.969 bits per heavy atom. The van der Waals surface area contributed by atoms with E-state index in [1.807, 2.05) is 30.3 Å². The first-order valence-electron chi connectivity index (χ1n) is 9.83. The number of halogens is 2. The molecule has 0 aliphatic carbocycles. The normalized spacial score (nSPS) is 12.2. The lowest BCUT2D eigenvalue weighted by atomic mass is 10.1. The standard InChI is InChI=1S/C23H22Cl2N2O4S/c1-2-31-21-13-10-18(25)15-22(21)32(29,30)27-20(14-16-6-4-3-5-7-16)23(28)26-19-11-8-17(24)9-12-19/h3-13,15,20,27H,2,14H2,1H3,(H,26,28). The van der Waals surface area contributed by atoms with E-state index in [-0.39, 0.29) is 28.7 Å². The number of amides is 1. The molecule has 0 spiro atoms. The van der Waals surface area contributed by atoms with Crippen LogP contribution >= 0.6 is 23.2 Å². The van der Waals surface area contributed by atoms with Crippen LogP contribution in [-0.4, -0.2) is 27.0 Å². The van der Waals surface area contributed by atoms with Gasteiger partial charge in [0.05, 0.1) is 6.61 Å². The van der Waals surface area contributed by atoms with E-state index in [4.69, 9.17) is 27.9 Å². The smallest absolute Gasteiger partial charge is 0.245 e. The SMILES string of the molecule is CCOc1ccc(Cl)cc1S(=O)(=O)NC(Cc1ccccc1)C(=O)Nc1ccc(Cl)cc1. The fourth-order valence-corrected chi connectivity index (χ4v) is 4.75. The Kier molecular flexibility index (Phi) is 8.15. The molecular formula is C23H22Cl2N2O4S. The molecule has 0 radical (unpaired) electrons. The molecule has 3 rings (SSSR count). The Morgan fingerprint density at radius 2 is 1.62 bits per heavy atom. The first-order chi connectivity index (χ1) is 15.3. The van der Waals surface area contributed by atoms with Crippen molar-refractivity contribution in [3.05, 3.63) is 88.4 Å². The van der Waals surface area contributed by atoms with Crippen molar-refractivity contribution >= 4 is 44.8 Å². The minimum Gasteiger partial charge on any atom is -0.492 e. The van der Waals surface area contributed by atoms with Gasteiger partial charge in [-0.1, -0.05) is 53.5 Å². The molecule has 32 heavy (non-hydrogen) atoms. The molecule has 0 heterocycles. The highest BCUT2D eigenvalue weighted by Gasteiger charge is 2.28. The van der Waals surface area contributed by atoms with Gasteiger partial charge in [0, 0.05) is 15.7 Å². The molecule has 3 aromatic carbocycles. The lowest BCUT2D eigenvalue weighted by Gasteiger charge is -2.20. The highest BCUT2D eigenvalue weighted by atomic mass is 35.5. The molecule has 0 aromatic heterocycles.